The molecule has 4 aromatic rings. The third-order valence-corrected chi connectivity index (χ3v) is 7.51. The smallest absolute Gasteiger partial charge is 0.310 e. The van der Waals surface area contributed by atoms with Gasteiger partial charge in [0, 0.05) is 19.3 Å². The molecule has 0 aliphatic carbocycles. The van der Waals surface area contributed by atoms with E-state index in [1.54, 1.807) is 23.7 Å². The first kappa shape index (κ1) is 28.5. The quantitative estimate of drug-likeness (QED) is 0.211. The Kier molecular flexibility index (Phi) is 8.88. The van der Waals surface area contributed by atoms with Crippen LogP contribution in [0.1, 0.15) is 60.6 Å². The van der Waals surface area contributed by atoms with E-state index in [0.717, 1.165) is 39.4 Å². The molecule has 1 aromatic heterocycles. The van der Waals surface area contributed by atoms with E-state index >= 15 is 0 Å². The number of carboxylic acid groups (broad SMARTS) is 1. The van der Waals surface area contributed by atoms with Gasteiger partial charge in [-0.25, -0.2) is 4.68 Å². The molecule has 0 amide bonds. The SMILES string of the molecule is Cc1cc(OCc2c(C(C)C)cnn2-c2c(Cl)cccc2Cl)ccc1N(C)Cc1ccc(C(C)C(=O)O)cc1. The molecule has 0 bridgehead atoms. The molecule has 1 unspecified atom stereocenters. The number of hydrogen-bond donors (Lipinski definition) is 1. The Labute approximate surface area is 239 Å². The summed E-state index contributed by atoms with van der Waals surface area (Å²) in [7, 11) is 2.04. The van der Waals surface area contributed by atoms with Gasteiger partial charge in [-0.15, -0.1) is 0 Å². The summed E-state index contributed by atoms with van der Waals surface area (Å²) in [4.78, 5) is 13.4. The Bertz CT molecular complexity index is 1440. The van der Waals surface area contributed by atoms with Crippen LogP contribution in [0, 0.1) is 6.92 Å². The number of aromatic nitrogens is 2. The number of halogens is 2. The number of nitrogens with zero attached hydrogens (tertiary/aromatic N) is 3. The van der Waals surface area contributed by atoms with Crippen LogP contribution in [-0.4, -0.2) is 27.9 Å². The Morgan fingerprint density at radius 3 is 2.31 bits per heavy atom. The minimum atomic E-state index is -0.824. The molecule has 8 heteroatoms. The predicted molar refractivity (Wildman–Crippen MR) is 158 cm³/mol. The number of anilines is 1. The first-order chi connectivity index (χ1) is 18.6. The maximum Gasteiger partial charge on any atom is 0.310 e. The number of aryl methyl sites for hydroxylation is 1. The summed E-state index contributed by atoms with van der Waals surface area (Å²) < 4.78 is 8.03. The fourth-order valence-electron chi connectivity index (χ4n) is 4.61. The summed E-state index contributed by atoms with van der Waals surface area (Å²) in [5, 5.41) is 14.9. The Morgan fingerprint density at radius 1 is 1.05 bits per heavy atom. The van der Waals surface area contributed by atoms with Gasteiger partial charge in [0.15, 0.2) is 0 Å². The van der Waals surface area contributed by atoms with Crippen LogP contribution in [0.5, 0.6) is 5.75 Å². The highest BCUT2D eigenvalue weighted by Crippen LogP contribution is 2.32. The summed E-state index contributed by atoms with van der Waals surface area (Å²) in [6.07, 6.45) is 1.85. The molecule has 4 rings (SSSR count). The van der Waals surface area contributed by atoms with E-state index in [4.69, 9.17) is 27.9 Å². The lowest BCUT2D eigenvalue weighted by atomic mass is 10.00. The summed E-state index contributed by atoms with van der Waals surface area (Å²) in [5.74, 6) is -0.346. The lowest BCUT2D eigenvalue weighted by Gasteiger charge is -2.22. The molecular weight excluding hydrogens is 533 g/mol. The van der Waals surface area contributed by atoms with E-state index in [-0.39, 0.29) is 5.92 Å². The highest BCUT2D eigenvalue weighted by molar-refractivity contribution is 6.37. The van der Waals surface area contributed by atoms with Crippen molar-refractivity contribution in [3.8, 4) is 11.4 Å². The van der Waals surface area contributed by atoms with Crippen molar-refractivity contribution in [2.75, 3.05) is 11.9 Å². The summed E-state index contributed by atoms with van der Waals surface area (Å²) in [5.41, 5.74) is 6.68. The summed E-state index contributed by atoms with van der Waals surface area (Å²) in [6.45, 7) is 8.99. The van der Waals surface area contributed by atoms with Gasteiger partial charge in [0.05, 0.1) is 27.9 Å². The van der Waals surface area contributed by atoms with Crippen LogP contribution >= 0.6 is 23.2 Å². The highest BCUT2D eigenvalue weighted by Gasteiger charge is 2.20. The van der Waals surface area contributed by atoms with Crippen LogP contribution in [0.25, 0.3) is 5.69 Å². The third-order valence-electron chi connectivity index (χ3n) is 6.90. The number of benzene rings is 3. The van der Waals surface area contributed by atoms with E-state index < -0.39 is 11.9 Å². The molecule has 0 fully saturated rings. The van der Waals surface area contributed by atoms with Crippen LogP contribution in [0.4, 0.5) is 5.69 Å². The standard InChI is InChI=1S/C31H33Cl2N3O3/c1-19(2)25-16-34-36(30-26(32)7-6-8-27(30)33)29(25)18-39-24-13-14-28(20(3)15-24)35(5)17-22-9-11-23(12-10-22)21(4)31(37)38/h6-16,19,21H,17-18H2,1-5H3,(H,37,38). The average molecular weight is 567 g/mol. The van der Waals surface area contributed by atoms with Crippen molar-refractivity contribution in [1.82, 2.24) is 9.78 Å². The number of carbonyl (C=O) groups is 1. The number of para-hydroxylation sites is 1. The van der Waals surface area contributed by atoms with Crippen molar-refractivity contribution in [2.24, 2.45) is 0 Å². The zero-order valence-corrected chi connectivity index (χ0v) is 24.3. The molecule has 0 spiro atoms. The maximum atomic E-state index is 11.2. The largest absolute Gasteiger partial charge is 0.487 e. The van der Waals surface area contributed by atoms with Crippen molar-refractivity contribution in [1.29, 1.82) is 0 Å². The van der Waals surface area contributed by atoms with E-state index in [9.17, 15) is 9.90 Å². The highest BCUT2D eigenvalue weighted by atomic mass is 35.5. The van der Waals surface area contributed by atoms with Crippen molar-refractivity contribution in [3.63, 3.8) is 0 Å². The minimum absolute atomic E-state index is 0.248. The van der Waals surface area contributed by atoms with Gasteiger partial charge in [-0.1, -0.05) is 67.4 Å². The van der Waals surface area contributed by atoms with Crippen LogP contribution in [0.3, 0.4) is 0 Å². The number of aliphatic carboxylic acids is 1. The topological polar surface area (TPSA) is 67.6 Å². The average Bonchev–Trinajstić information content (AvgIpc) is 3.31. The molecule has 0 saturated heterocycles. The van der Waals surface area contributed by atoms with E-state index in [2.05, 4.69) is 36.8 Å². The molecule has 3 aromatic carbocycles. The zero-order chi connectivity index (χ0) is 28.3. The number of hydrogen-bond acceptors (Lipinski definition) is 4. The lowest BCUT2D eigenvalue weighted by molar-refractivity contribution is -0.138. The first-order valence-electron chi connectivity index (χ1n) is 12.8. The van der Waals surface area contributed by atoms with Crippen molar-refractivity contribution < 1.29 is 14.6 Å². The molecule has 0 aliphatic heterocycles. The zero-order valence-electron chi connectivity index (χ0n) is 22.8. The number of ether oxygens (including phenoxy) is 1. The van der Waals surface area contributed by atoms with E-state index in [1.807, 2.05) is 55.7 Å². The fraction of sp³-hybridized carbons (Fsp3) is 0.290. The molecular formula is C31H33Cl2N3O3. The summed E-state index contributed by atoms with van der Waals surface area (Å²) in [6, 6.07) is 19.2. The minimum Gasteiger partial charge on any atom is -0.487 e. The maximum absolute atomic E-state index is 11.2. The van der Waals surface area contributed by atoms with Gasteiger partial charge in [0.1, 0.15) is 18.0 Å². The van der Waals surface area contributed by atoms with Crippen LogP contribution in [0.15, 0.2) is 66.9 Å². The molecule has 6 nitrogen and oxygen atoms in total. The molecule has 39 heavy (non-hydrogen) atoms. The van der Waals surface area contributed by atoms with Crippen LogP contribution in [-0.2, 0) is 17.9 Å². The second-order valence-corrected chi connectivity index (χ2v) is 10.9. The number of rotatable bonds is 10. The predicted octanol–water partition coefficient (Wildman–Crippen LogP) is 8.01. The Morgan fingerprint density at radius 2 is 1.72 bits per heavy atom. The van der Waals surface area contributed by atoms with Crippen LogP contribution < -0.4 is 9.64 Å². The molecule has 0 radical (unpaired) electrons. The van der Waals surface area contributed by atoms with Crippen molar-refractivity contribution in [2.45, 2.75) is 52.7 Å². The van der Waals surface area contributed by atoms with Gasteiger partial charge < -0.3 is 14.7 Å². The molecule has 1 heterocycles. The second-order valence-electron chi connectivity index (χ2n) is 10.1. The van der Waals surface area contributed by atoms with E-state index in [1.165, 1.54) is 0 Å². The van der Waals surface area contributed by atoms with Crippen LogP contribution in [0.2, 0.25) is 10.0 Å². The lowest BCUT2D eigenvalue weighted by Crippen LogP contribution is -2.17. The van der Waals surface area contributed by atoms with Gasteiger partial charge in [0.25, 0.3) is 0 Å². The second kappa shape index (κ2) is 12.1. The molecule has 0 saturated carbocycles. The van der Waals surface area contributed by atoms with Crippen molar-refractivity contribution >= 4 is 34.9 Å². The van der Waals surface area contributed by atoms with Gasteiger partial charge in [-0.3, -0.25) is 4.79 Å². The third kappa shape index (κ3) is 6.40. The van der Waals surface area contributed by atoms with Gasteiger partial charge in [-0.05, 0) is 72.4 Å². The molecule has 0 aliphatic rings. The Balaban J connectivity index is 1.50. The van der Waals surface area contributed by atoms with Gasteiger partial charge >= 0.3 is 5.97 Å². The Hall–Kier alpha value is -3.48. The summed E-state index contributed by atoms with van der Waals surface area (Å²) >= 11 is 13.0. The first-order valence-corrected chi connectivity index (χ1v) is 13.6. The molecule has 1 atom stereocenters. The fourth-order valence-corrected chi connectivity index (χ4v) is 5.17. The molecule has 1 N–H and O–H groups in total. The number of carboxylic acids is 1. The van der Waals surface area contributed by atoms with Gasteiger partial charge in [0.2, 0.25) is 0 Å². The van der Waals surface area contributed by atoms with E-state index in [0.29, 0.717) is 28.9 Å². The molecule has 204 valence electrons. The van der Waals surface area contributed by atoms with Crippen molar-refractivity contribution in [3.05, 3.63) is 105 Å². The monoisotopic (exact) mass is 565 g/mol. The normalized spacial score (nSPS) is 12.0. The van der Waals surface area contributed by atoms with Gasteiger partial charge in [-0.2, -0.15) is 5.10 Å².